The quantitative estimate of drug-likeness (QED) is 0.800. The van der Waals surface area contributed by atoms with Crippen molar-refractivity contribution in [3.8, 4) is 0 Å². The number of aliphatic imine (C=N–C) groups is 1. The smallest absolute Gasteiger partial charge is 0.0970 e. The lowest BCUT2D eigenvalue weighted by Gasteiger charge is -2.12. The maximum atomic E-state index is 4.43. The lowest BCUT2D eigenvalue weighted by Crippen LogP contribution is -2.20. The first kappa shape index (κ1) is 10.2. The first-order chi connectivity index (χ1) is 7.25. The summed E-state index contributed by atoms with van der Waals surface area (Å²) in [4.78, 5) is 4.43. The van der Waals surface area contributed by atoms with Gasteiger partial charge in [-0.25, -0.2) is 0 Å². The number of aryl methyl sites for hydroxylation is 1. The second-order valence-electron chi connectivity index (χ2n) is 4.27. The minimum Gasteiger partial charge on any atom is -0.372 e. The van der Waals surface area contributed by atoms with E-state index in [0.29, 0.717) is 5.92 Å². The third-order valence-electron chi connectivity index (χ3n) is 2.85. The fraction of sp³-hybridized carbons (Fsp3) is 0.462. The molecule has 0 bridgehead atoms. The van der Waals surface area contributed by atoms with E-state index in [1.165, 1.54) is 17.0 Å². The Morgan fingerprint density at radius 1 is 1.47 bits per heavy atom. The molecule has 2 rings (SSSR count). The van der Waals surface area contributed by atoms with E-state index in [2.05, 4.69) is 48.4 Å². The van der Waals surface area contributed by atoms with E-state index in [1.807, 2.05) is 0 Å². The van der Waals surface area contributed by atoms with E-state index in [1.54, 1.807) is 0 Å². The van der Waals surface area contributed by atoms with Crippen LogP contribution in [0.3, 0.4) is 0 Å². The van der Waals surface area contributed by atoms with Gasteiger partial charge in [0.05, 0.1) is 12.4 Å². The first-order valence-electron chi connectivity index (χ1n) is 5.59. The third kappa shape index (κ3) is 2.58. The summed E-state index contributed by atoms with van der Waals surface area (Å²) in [5.74, 6) is 1.72. The molecule has 2 heteroatoms. The molecule has 0 radical (unpaired) electrons. The van der Waals surface area contributed by atoms with Crippen molar-refractivity contribution in [3.05, 3.63) is 35.4 Å². The van der Waals surface area contributed by atoms with Gasteiger partial charge in [-0.15, -0.1) is 0 Å². The topological polar surface area (TPSA) is 24.4 Å². The highest BCUT2D eigenvalue weighted by Crippen LogP contribution is 2.20. The molecule has 0 saturated carbocycles. The van der Waals surface area contributed by atoms with Crippen LogP contribution in [-0.2, 0) is 0 Å². The molecule has 1 aliphatic heterocycles. The number of benzene rings is 1. The van der Waals surface area contributed by atoms with Gasteiger partial charge in [0.1, 0.15) is 0 Å². The Labute approximate surface area is 91.4 Å². The van der Waals surface area contributed by atoms with E-state index in [4.69, 9.17) is 0 Å². The monoisotopic (exact) mass is 202 g/mol. The molecule has 1 aromatic carbocycles. The first-order valence-corrected chi connectivity index (χ1v) is 5.59. The van der Waals surface area contributed by atoms with Gasteiger partial charge in [0.2, 0.25) is 0 Å². The lowest BCUT2D eigenvalue weighted by atomic mass is 9.96. The molecule has 1 heterocycles. The molecule has 2 nitrogen and oxygen atoms in total. The molecule has 1 aliphatic rings. The van der Waals surface area contributed by atoms with Crippen LogP contribution in [0, 0.1) is 6.92 Å². The number of nitrogens with zero attached hydrogens (tertiary/aromatic N) is 1. The van der Waals surface area contributed by atoms with Crippen molar-refractivity contribution in [3.63, 3.8) is 0 Å². The SMILES string of the molecule is Cc1cccc(C(C)CC2=NCCN2)c1. The molecule has 0 saturated heterocycles. The number of amidine groups is 1. The van der Waals surface area contributed by atoms with Crippen LogP contribution in [-0.4, -0.2) is 18.9 Å². The Kier molecular flexibility index (Phi) is 3.05. The van der Waals surface area contributed by atoms with Crippen LogP contribution < -0.4 is 5.32 Å². The Hall–Kier alpha value is -1.31. The van der Waals surface area contributed by atoms with Gasteiger partial charge in [-0.05, 0) is 18.4 Å². The average molecular weight is 202 g/mol. The van der Waals surface area contributed by atoms with Gasteiger partial charge in [0.15, 0.2) is 0 Å². The molecule has 15 heavy (non-hydrogen) atoms. The van der Waals surface area contributed by atoms with Gasteiger partial charge in [-0.3, -0.25) is 4.99 Å². The maximum Gasteiger partial charge on any atom is 0.0970 e. The minimum atomic E-state index is 0.550. The molecule has 0 amide bonds. The van der Waals surface area contributed by atoms with E-state index >= 15 is 0 Å². The van der Waals surface area contributed by atoms with E-state index < -0.39 is 0 Å². The highest BCUT2D eigenvalue weighted by molar-refractivity contribution is 5.84. The lowest BCUT2D eigenvalue weighted by molar-refractivity contribution is 0.788. The third-order valence-corrected chi connectivity index (χ3v) is 2.85. The summed E-state index contributed by atoms with van der Waals surface area (Å²) in [5, 5.41) is 3.32. The van der Waals surface area contributed by atoms with Crippen LogP contribution in [0.4, 0.5) is 0 Å². The van der Waals surface area contributed by atoms with Crippen LogP contribution >= 0.6 is 0 Å². The highest BCUT2D eigenvalue weighted by atomic mass is 15.1. The van der Waals surface area contributed by atoms with Crippen LogP contribution in [0.2, 0.25) is 0 Å². The maximum absolute atomic E-state index is 4.43. The van der Waals surface area contributed by atoms with Crippen LogP contribution in [0.1, 0.15) is 30.4 Å². The molecule has 0 spiro atoms. The molecule has 1 N–H and O–H groups in total. The van der Waals surface area contributed by atoms with Crippen molar-refractivity contribution in [2.75, 3.05) is 13.1 Å². The Balaban J connectivity index is 2.04. The summed E-state index contributed by atoms with van der Waals surface area (Å²) >= 11 is 0. The summed E-state index contributed by atoms with van der Waals surface area (Å²) < 4.78 is 0. The van der Waals surface area contributed by atoms with Crippen LogP contribution in [0.25, 0.3) is 0 Å². The summed E-state index contributed by atoms with van der Waals surface area (Å²) in [6.45, 7) is 6.35. The highest BCUT2D eigenvalue weighted by Gasteiger charge is 2.11. The second-order valence-corrected chi connectivity index (χ2v) is 4.27. The number of rotatable bonds is 3. The van der Waals surface area contributed by atoms with Gasteiger partial charge in [-0.1, -0.05) is 36.8 Å². The van der Waals surface area contributed by atoms with Crippen LogP contribution in [0.5, 0.6) is 0 Å². The van der Waals surface area contributed by atoms with Crippen molar-refractivity contribution in [1.29, 1.82) is 0 Å². The largest absolute Gasteiger partial charge is 0.372 e. The summed E-state index contributed by atoms with van der Waals surface area (Å²) in [6.07, 6.45) is 1.03. The summed E-state index contributed by atoms with van der Waals surface area (Å²) in [5.41, 5.74) is 2.74. The van der Waals surface area contributed by atoms with E-state index in [-0.39, 0.29) is 0 Å². The molecular formula is C13H18N2. The van der Waals surface area contributed by atoms with Gasteiger partial charge in [-0.2, -0.15) is 0 Å². The van der Waals surface area contributed by atoms with Gasteiger partial charge in [0.25, 0.3) is 0 Å². The van der Waals surface area contributed by atoms with Crippen molar-refractivity contribution < 1.29 is 0 Å². The predicted octanol–water partition coefficient (Wildman–Crippen LogP) is 2.49. The van der Waals surface area contributed by atoms with Gasteiger partial charge >= 0.3 is 0 Å². The minimum absolute atomic E-state index is 0.550. The molecular weight excluding hydrogens is 184 g/mol. The fourth-order valence-electron chi connectivity index (χ4n) is 1.97. The zero-order valence-corrected chi connectivity index (χ0v) is 9.46. The molecule has 1 atom stereocenters. The van der Waals surface area contributed by atoms with E-state index in [9.17, 15) is 0 Å². The summed E-state index contributed by atoms with van der Waals surface area (Å²) in [6, 6.07) is 8.74. The van der Waals surface area contributed by atoms with Crippen molar-refractivity contribution in [1.82, 2.24) is 5.32 Å². The number of nitrogens with one attached hydrogen (secondary N) is 1. The fourth-order valence-corrected chi connectivity index (χ4v) is 1.97. The molecule has 1 aromatic rings. The Bertz CT molecular complexity index is 369. The second kappa shape index (κ2) is 4.47. The predicted molar refractivity (Wildman–Crippen MR) is 64.5 cm³/mol. The molecule has 80 valence electrons. The van der Waals surface area contributed by atoms with E-state index in [0.717, 1.165) is 19.5 Å². The molecule has 0 aliphatic carbocycles. The number of hydrogen-bond donors (Lipinski definition) is 1. The number of hydrogen-bond acceptors (Lipinski definition) is 2. The standard InChI is InChI=1S/C13H18N2/c1-10-4-3-5-12(8-10)11(2)9-13-14-6-7-15-13/h3-5,8,11H,6-7,9H2,1-2H3,(H,14,15). The zero-order chi connectivity index (χ0) is 10.7. The van der Waals surface area contributed by atoms with Crippen molar-refractivity contribution >= 4 is 5.84 Å². The Morgan fingerprint density at radius 2 is 2.33 bits per heavy atom. The van der Waals surface area contributed by atoms with Crippen molar-refractivity contribution in [2.45, 2.75) is 26.2 Å². The Morgan fingerprint density at radius 3 is 3.00 bits per heavy atom. The van der Waals surface area contributed by atoms with Gasteiger partial charge in [0, 0.05) is 13.0 Å². The zero-order valence-electron chi connectivity index (χ0n) is 9.46. The van der Waals surface area contributed by atoms with Crippen LogP contribution in [0.15, 0.2) is 29.3 Å². The molecule has 1 unspecified atom stereocenters. The van der Waals surface area contributed by atoms with Crippen molar-refractivity contribution in [2.24, 2.45) is 4.99 Å². The normalized spacial score (nSPS) is 17.1. The average Bonchev–Trinajstić information content (AvgIpc) is 2.70. The van der Waals surface area contributed by atoms with Gasteiger partial charge < -0.3 is 5.32 Å². The summed E-state index contributed by atoms with van der Waals surface area (Å²) in [7, 11) is 0. The molecule has 0 aromatic heterocycles. The molecule has 0 fully saturated rings.